The molecule has 2 fully saturated rings. The van der Waals surface area contributed by atoms with Gasteiger partial charge in [-0.1, -0.05) is 19.1 Å². The largest absolute Gasteiger partial charge is 0.378 e. The van der Waals surface area contributed by atoms with E-state index < -0.39 is 9.84 Å². The molecule has 11 nitrogen and oxygen atoms in total. The molecule has 38 heavy (non-hydrogen) atoms. The van der Waals surface area contributed by atoms with Crippen molar-refractivity contribution in [2.45, 2.75) is 32.2 Å². The number of morpholine rings is 1. The lowest BCUT2D eigenvalue weighted by Gasteiger charge is -2.28. The SMILES string of the molecule is CCc1nc2ccccc2n1-c1nc(N2CCOCC2)c2nc(CCN(C)C3CCS(=O)(=O)C3)n(C)c2n1. The molecule has 4 aromatic rings. The van der Waals surface area contributed by atoms with E-state index in [1.54, 1.807) is 0 Å². The quantitative estimate of drug-likeness (QED) is 0.347. The number of hydrogen-bond donors (Lipinski definition) is 0. The molecule has 2 saturated heterocycles. The Morgan fingerprint density at radius 2 is 1.87 bits per heavy atom. The molecule has 3 aromatic heterocycles. The number of rotatable bonds is 7. The number of imidazole rings is 2. The average molecular weight is 539 g/mol. The Labute approximate surface area is 222 Å². The van der Waals surface area contributed by atoms with Crippen molar-refractivity contribution in [1.29, 1.82) is 0 Å². The lowest BCUT2D eigenvalue weighted by Crippen LogP contribution is -2.37. The Kier molecular flexibility index (Phi) is 6.57. The van der Waals surface area contributed by atoms with E-state index in [0.717, 1.165) is 65.7 Å². The standard InChI is InChI=1S/C26H34N8O3S/c1-4-21-27-19-7-5-6-8-20(19)34(21)26-29-24-23(25(30-26)33-12-14-37-15-13-33)28-22(32(24)3)9-11-31(2)18-10-16-38(35,36)17-18/h5-8,18H,4,9-17H2,1-3H3. The minimum absolute atomic E-state index is 0.0620. The summed E-state index contributed by atoms with van der Waals surface area (Å²) in [6.07, 6.45) is 2.13. The van der Waals surface area contributed by atoms with E-state index in [0.29, 0.717) is 32.0 Å². The number of aryl methyl sites for hydroxylation is 2. The molecule has 0 spiro atoms. The zero-order chi connectivity index (χ0) is 26.4. The van der Waals surface area contributed by atoms with Gasteiger partial charge in [-0.15, -0.1) is 0 Å². The highest BCUT2D eigenvalue weighted by Crippen LogP contribution is 2.28. The molecule has 0 saturated carbocycles. The fourth-order valence-electron chi connectivity index (χ4n) is 5.52. The number of fused-ring (bicyclic) bond motifs is 2. The van der Waals surface area contributed by atoms with Crippen LogP contribution in [0.1, 0.15) is 25.0 Å². The van der Waals surface area contributed by atoms with Crippen molar-refractivity contribution in [3.05, 3.63) is 35.9 Å². The van der Waals surface area contributed by atoms with E-state index in [-0.39, 0.29) is 17.5 Å². The van der Waals surface area contributed by atoms with Crippen LogP contribution in [0.3, 0.4) is 0 Å². The summed E-state index contributed by atoms with van der Waals surface area (Å²) in [5.74, 6) is 3.73. The fraction of sp³-hybridized carbons (Fsp3) is 0.538. The van der Waals surface area contributed by atoms with E-state index in [4.69, 9.17) is 24.7 Å². The second-order valence-electron chi connectivity index (χ2n) is 10.2. The maximum Gasteiger partial charge on any atom is 0.239 e. The summed E-state index contributed by atoms with van der Waals surface area (Å²) >= 11 is 0. The summed E-state index contributed by atoms with van der Waals surface area (Å²) in [5.41, 5.74) is 3.45. The van der Waals surface area contributed by atoms with Gasteiger partial charge in [-0.05, 0) is 25.6 Å². The molecule has 2 aliphatic heterocycles. The second-order valence-corrected chi connectivity index (χ2v) is 12.4. The molecule has 0 radical (unpaired) electrons. The highest BCUT2D eigenvalue weighted by Gasteiger charge is 2.31. The third kappa shape index (κ3) is 4.54. The lowest BCUT2D eigenvalue weighted by atomic mass is 10.2. The molecule has 0 bridgehead atoms. The van der Waals surface area contributed by atoms with E-state index >= 15 is 0 Å². The van der Waals surface area contributed by atoms with E-state index in [2.05, 4.69) is 31.9 Å². The molecule has 6 rings (SSSR count). The molecule has 0 amide bonds. The van der Waals surface area contributed by atoms with Crippen LogP contribution in [0.15, 0.2) is 24.3 Å². The van der Waals surface area contributed by atoms with Gasteiger partial charge in [0.2, 0.25) is 5.95 Å². The molecule has 1 atom stereocenters. The monoisotopic (exact) mass is 538 g/mol. The molecule has 2 aliphatic rings. The predicted molar refractivity (Wildman–Crippen MR) is 147 cm³/mol. The number of ether oxygens (including phenoxy) is 1. The van der Waals surface area contributed by atoms with Crippen molar-refractivity contribution in [2.75, 3.05) is 56.3 Å². The molecule has 202 valence electrons. The average Bonchev–Trinajstić information content (AvgIpc) is 3.59. The normalized spacial score (nSPS) is 19.8. The molecule has 1 unspecified atom stereocenters. The number of sulfone groups is 1. The number of hydrogen-bond acceptors (Lipinski definition) is 9. The minimum Gasteiger partial charge on any atom is -0.378 e. The van der Waals surface area contributed by atoms with E-state index in [1.807, 2.05) is 32.3 Å². The first-order chi connectivity index (χ1) is 18.3. The zero-order valence-corrected chi connectivity index (χ0v) is 23.0. The van der Waals surface area contributed by atoms with Gasteiger partial charge >= 0.3 is 0 Å². The summed E-state index contributed by atoms with van der Waals surface area (Å²) in [6, 6.07) is 8.13. The Bertz CT molecular complexity index is 1590. The van der Waals surface area contributed by atoms with Gasteiger partial charge in [0.05, 0.1) is 35.8 Å². The van der Waals surface area contributed by atoms with Gasteiger partial charge in [-0.25, -0.2) is 18.4 Å². The van der Waals surface area contributed by atoms with Crippen LogP contribution >= 0.6 is 0 Å². The van der Waals surface area contributed by atoms with Crippen LogP contribution in [0.5, 0.6) is 0 Å². The predicted octanol–water partition coefficient (Wildman–Crippen LogP) is 1.76. The molecule has 0 N–H and O–H groups in total. The van der Waals surface area contributed by atoms with Crippen LogP contribution in [0, 0.1) is 0 Å². The molecule has 5 heterocycles. The summed E-state index contributed by atoms with van der Waals surface area (Å²) in [4.78, 5) is 24.4. The van der Waals surface area contributed by atoms with Gasteiger partial charge in [-0.2, -0.15) is 9.97 Å². The first-order valence-corrected chi connectivity index (χ1v) is 15.1. The van der Waals surface area contributed by atoms with Crippen LogP contribution in [-0.4, -0.2) is 99.8 Å². The minimum atomic E-state index is -2.92. The molecule has 1 aromatic carbocycles. The van der Waals surface area contributed by atoms with Crippen LogP contribution in [-0.2, 0) is 34.5 Å². The van der Waals surface area contributed by atoms with Gasteiger partial charge in [-0.3, -0.25) is 4.57 Å². The fourth-order valence-corrected chi connectivity index (χ4v) is 7.32. The first-order valence-electron chi connectivity index (χ1n) is 13.3. The molecular formula is C26H34N8O3S. The second kappa shape index (κ2) is 9.90. The van der Waals surface area contributed by atoms with Gasteiger partial charge in [0.1, 0.15) is 11.6 Å². The van der Waals surface area contributed by atoms with Gasteiger partial charge in [0.25, 0.3) is 0 Å². The first kappa shape index (κ1) is 25.2. The number of nitrogens with zero attached hydrogens (tertiary/aromatic N) is 8. The third-order valence-electron chi connectivity index (χ3n) is 7.76. The highest BCUT2D eigenvalue weighted by atomic mass is 32.2. The summed E-state index contributed by atoms with van der Waals surface area (Å²) in [6.45, 7) is 5.57. The smallest absolute Gasteiger partial charge is 0.239 e. The van der Waals surface area contributed by atoms with Crippen molar-refractivity contribution in [2.24, 2.45) is 7.05 Å². The van der Waals surface area contributed by atoms with Crippen LogP contribution in [0.25, 0.3) is 28.1 Å². The lowest BCUT2D eigenvalue weighted by molar-refractivity contribution is 0.122. The third-order valence-corrected chi connectivity index (χ3v) is 9.51. The maximum absolute atomic E-state index is 12.0. The van der Waals surface area contributed by atoms with Crippen LogP contribution in [0.2, 0.25) is 0 Å². The van der Waals surface area contributed by atoms with Crippen LogP contribution in [0.4, 0.5) is 5.82 Å². The number of aromatic nitrogens is 6. The van der Waals surface area contributed by atoms with Crippen molar-refractivity contribution >= 4 is 37.9 Å². The Morgan fingerprint density at radius 3 is 2.61 bits per heavy atom. The number of benzene rings is 1. The van der Waals surface area contributed by atoms with Gasteiger partial charge in [0, 0.05) is 45.6 Å². The molecular weight excluding hydrogens is 504 g/mol. The summed E-state index contributed by atoms with van der Waals surface area (Å²) < 4.78 is 33.6. The topological polar surface area (TPSA) is 111 Å². The van der Waals surface area contributed by atoms with Crippen molar-refractivity contribution in [3.63, 3.8) is 0 Å². The number of para-hydroxylation sites is 2. The zero-order valence-electron chi connectivity index (χ0n) is 22.2. The van der Waals surface area contributed by atoms with E-state index in [9.17, 15) is 8.42 Å². The Hall–Kier alpha value is -3.09. The van der Waals surface area contributed by atoms with Gasteiger partial charge < -0.3 is 19.1 Å². The van der Waals surface area contributed by atoms with Crippen molar-refractivity contribution in [1.82, 2.24) is 34.0 Å². The number of likely N-dealkylation sites (N-methyl/N-ethyl adjacent to an activating group) is 1. The van der Waals surface area contributed by atoms with E-state index in [1.165, 1.54) is 0 Å². The van der Waals surface area contributed by atoms with Crippen molar-refractivity contribution in [3.8, 4) is 5.95 Å². The van der Waals surface area contributed by atoms with Crippen molar-refractivity contribution < 1.29 is 13.2 Å². The highest BCUT2D eigenvalue weighted by molar-refractivity contribution is 7.91. The summed E-state index contributed by atoms with van der Waals surface area (Å²) in [7, 11) is 1.08. The van der Waals surface area contributed by atoms with Gasteiger partial charge in [0.15, 0.2) is 26.8 Å². The Morgan fingerprint density at radius 1 is 1.08 bits per heavy atom. The maximum atomic E-state index is 12.0. The summed E-state index contributed by atoms with van der Waals surface area (Å²) in [5, 5.41) is 0. The molecule has 0 aliphatic carbocycles. The number of anilines is 1. The van der Waals surface area contributed by atoms with Crippen LogP contribution < -0.4 is 4.90 Å². The Balaban J connectivity index is 1.41. The molecule has 12 heteroatoms.